The van der Waals surface area contributed by atoms with Crippen LogP contribution < -0.4 is 0 Å². The number of rotatable bonds is 5. The highest BCUT2D eigenvalue weighted by Gasteiger charge is 2.01. The fourth-order valence-electron chi connectivity index (χ4n) is 0.680. The quantitative estimate of drug-likeness (QED) is 0.574. The molecule has 11 heavy (non-hydrogen) atoms. The summed E-state index contributed by atoms with van der Waals surface area (Å²) in [6.07, 6.45) is 2.63. The zero-order valence-electron chi connectivity index (χ0n) is 7.72. The average molecular weight is 158 g/mol. The first kappa shape index (κ1) is 10.5. The number of esters is 1. The molecule has 0 aliphatic rings. The van der Waals surface area contributed by atoms with Crippen LogP contribution in [-0.4, -0.2) is 12.6 Å². The third kappa shape index (κ3) is 5.89. The van der Waals surface area contributed by atoms with Gasteiger partial charge in [0, 0.05) is 6.42 Å². The molecule has 2 nitrogen and oxygen atoms in total. The summed E-state index contributed by atoms with van der Waals surface area (Å²) in [7, 11) is 0. The zero-order valence-corrected chi connectivity index (χ0v) is 7.72. The van der Waals surface area contributed by atoms with Gasteiger partial charge >= 0.3 is 5.97 Å². The molecule has 0 aliphatic carbocycles. The molecule has 0 fully saturated rings. The van der Waals surface area contributed by atoms with E-state index in [1.165, 1.54) is 0 Å². The van der Waals surface area contributed by atoms with E-state index in [1.54, 1.807) is 0 Å². The summed E-state index contributed by atoms with van der Waals surface area (Å²) < 4.78 is 4.92. The van der Waals surface area contributed by atoms with E-state index in [9.17, 15) is 4.79 Å². The first-order valence-electron chi connectivity index (χ1n) is 4.36. The highest BCUT2D eigenvalue weighted by atomic mass is 16.5. The molecule has 0 N–H and O–H groups in total. The summed E-state index contributed by atoms with van der Waals surface area (Å²) in [5.74, 6) is 0.577. The van der Waals surface area contributed by atoms with Gasteiger partial charge in [-0.3, -0.25) is 4.79 Å². The molecule has 0 spiro atoms. The molecule has 0 bridgehead atoms. The monoisotopic (exact) mass is 158 g/mol. The van der Waals surface area contributed by atoms with Gasteiger partial charge in [0.25, 0.3) is 0 Å². The van der Waals surface area contributed by atoms with Crippen LogP contribution in [0, 0.1) is 5.92 Å². The van der Waals surface area contributed by atoms with E-state index in [1.807, 2.05) is 6.92 Å². The van der Waals surface area contributed by atoms with Gasteiger partial charge in [-0.1, -0.05) is 27.2 Å². The van der Waals surface area contributed by atoms with Crippen molar-refractivity contribution in [1.82, 2.24) is 0 Å². The maximum atomic E-state index is 10.7. The van der Waals surface area contributed by atoms with E-state index < -0.39 is 0 Å². The number of hydrogen-bond acceptors (Lipinski definition) is 2. The first-order chi connectivity index (χ1) is 5.20. The molecule has 0 heterocycles. The standard InChI is InChI=1S/C9H18O2/c1-4-8(3)6-7-11-9(10)5-2/h8H,4-7H2,1-3H3. The average Bonchev–Trinajstić information content (AvgIpc) is 2.04. The second-order valence-corrected chi connectivity index (χ2v) is 2.88. The van der Waals surface area contributed by atoms with Crippen LogP contribution in [0.25, 0.3) is 0 Å². The SMILES string of the molecule is CCC(=O)OCCC(C)CC. The van der Waals surface area contributed by atoms with Crippen LogP contribution >= 0.6 is 0 Å². The minimum Gasteiger partial charge on any atom is -0.466 e. The largest absolute Gasteiger partial charge is 0.466 e. The van der Waals surface area contributed by atoms with Crippen molar-refractivity contribution in [3.05, 3.63) is 0 Å². The van der Waals surface area contributed by atoms with Gasteiger partial charge in [-0.05, 0) is 12.3 Å². The third-order valence-corrected chi connectivity index (χ3v) is 1.86. The molecule has 0 saturated heterocycles. The van der Waals surface area contributed by atoms with Gasteiger partial charge in [-0.25, -0.2) is 0 Å². The van der Waals surface area contributed by atoms with Crippen LogP contribution in [0.1, 0.15) is 40.0 Å². The van der Waals surface area contributed by atoms with Gasteiger partial charge < -0.3 is 4.74 Å². The Kier molecular flexibility index (Phi) is 5.90. The Hall–Kier alpha value is -0.530. The minimum atomic E-state index is -0.0895. The van der Waals surface area contributed by atoms with E-state index in [2.05, 4.69) is 13.8 Å². The van der Waals surface area contributed by atoms with Gasteiger partial charge in [0.05, 0.1) is 6.61 Å². The molecule has 2 heteroatoms. The summed E-state index contributed by atoms with van der Waals surface area (Å²) in [4.78, 5) is 10.7. The Morgan fingerprint density at radius 2 is 2.09 bits per heavy atom. The van der Waals surface area contributed by atoms with Crippen molar-refractivity contribution in [2.24, 2.45) is 5.92 Å². The van der Waals surface area contributed by atoms with Crippen LogP contribution in [0.2, 0.25) is 0 Å². The molecule has 0 rings (SSSR count). The van der Waals surface area contributed by atoms with Crippen molar-refractivity contribution in [3.8, 4) is 0 Å². The van der Waals surface area contributed by atoms with Crippen molar-refractivity contribution in [2.45, 2.75) is 40.0 Å². The molecule has 66 valence electrons. The molecule has 0 radical (unpaired) electrons. The lowest BCUT2D eigenvalue weighted by Crippen LogP contribution is -2.06. The van der Waals surface area contributed by atoms with Crippen molar-refractivity contribution >= 4 is 5.97 Å². The normalized spacial score (nSPS) is 12.6. The maximum absolute atomic E-state index is 10.7. The third-order valence-electron chi connectivity index (χ3n) is 1.86. The summed E-state index contributed by atoms with van der Waals surface area (Å²) in [5, 5.41) is 0. The molecule has 0 amide bonds. The van der Waals surface area contributed by atoms with Crippen LogP contribution in [0.4, 0.5) is 0 Å². The van der Waals surface area contributed by atoms with E-state index in [-0.39, 0.29) is 5.97 Å². The topological polar surface area (TPSA) is 26.3 Å². The van der Waals surface area contributed by atoms with Gasteiger partial charge in [-0.15, -0.1) is 0 Å². The highest BCUT2D eigenvalue weighted by Crippen LogP contribution is 2.05. The van der Waals surface area contributed by atoms with E-state index >= 15 is 0 Å². The Balaban J connectivity index is 3.20. The van der Waals surface area contributed by atoms with Gasteiger partial charge in [0.1, 0.15) is 0 Å². The Morgan fingerprint density at radius 1 is 1.45 bits per heavy atom. The predicted molar refractivity (Wildman–Crippen MR) is 45.3 cm³/mol. The van der Waals surface area contributed by atoms with Crippen molar-refractivity contribution in [2.75, 3.05) is 6.61 Å². The van der Waals surface area contributed by atoms with E-state index in [4.69, 9.17) is 4.74 Å². The number of carbonyl (C=O) groups is 1. The summed E-state index contributed by atoms with van der Waals surface area (Å²) in [5.41, 5.74) is 0. The van der Waals surface area contributed by atoms with Crippen molar-refractivity contribution in [3.63, 3.8) is 0 Å². The first-order valence-corrected chi connectivity index (χ1v) is 4.36. The van der Waals surface area contributed by atoms with Gasteiger partial charge in [-0.2, -0.15) is 0 Å². The fraction of sp³-hybridized carbons (Fsp3) is 0.889. The van der Waals surface area contributed by atoms with E-state index in [0.29, 0.717) is 18.9 Å². The maximum Gasteiger partial charge on any atom is 0.305 e. The van der Waals surface area contributed by atoms with E-state index in [0.717, 1.165) is 12.8 Å². The second kappa shape index (κ2) is 6.20. The molecule has 0 aromatic heterocycles. The van der Waals surface area contributed by atoms with Crippen LogP contribution in [0.15, 0.2) is 0 Å². The molecule has 0 aromatic carbocycles. The summed E-state index contributed by atoms with van der Waals surface area (Å²) in [6.45, 7) is 6.71. The summed E-state index contributed by atoms with van der Waals surface area (Å²) >= 11 is 0. The van der Waals surface area contributed by atoms with Gasteiger partial charge in [0.2, 0.25) is 0 Å². The number of carbonyl (C=O) groups excluding carboxylic acids is 1. The Labute approximate surface area is 68.9 Å². The lowest BCUT2D eigenvalue weighted by Gasteiger charge is -2.07. The molecule has 0 aromatic rings. The molecular formula is C9H18O2. The molecule has 1 unspecified atom stereocenters. The zero-order chi connectivity index (χ0) is 8.69. The lowest BCUT2D eigenvalue weighted by molar-refractivity contribution is -0.143. The van der Waals surface area contributed by atoms with Gasteiger partial charge in [0.15, 0.2) is 0 Å². The van der Waals surface area contributed by atoms with Crippen molar-refractivity contribution < 1.29 is 9.53 Å². The minimum absolute atomic E-state index is 0.0895. The van der Waals surface area contributed by atoms with Crippen molar-refractivity contribution in [1.29, 1.82) is 0 Å². The second-order valence-electron chi connectivity index (χ2n) is 2.88. The number of ether oxygens (including phenoxy) is 1. The number of hydrogen-bond donors (Lipinski definition) is 0. The smallest absolute Gasteiger partial charge is 0.305 e. The molecule has 1 atom stereocenters. The van der Waals surface area contributed by atoms with Crippen LogP contribution in [0.3, 0.4) is 0 Å². The molecule has 0 saturated carbocycles. The Bertz CT molecular complexity index is 110. The predicted octanol–water partition coefficient (Wildman–Crippen LogP) is 2.38. The molecule has 0 aliphatic heterocycles. The Morgan fingerprint density at radius 3 is 2.55 bits per heavy atom. The lowest BCUT2D eigenvalue weighted by atomic mass is 10.1. The van der Waals surface area contributed by atoms with Crippen LogP contribution in [-0.2, 0) is 9.53 Å². The molecular weight excluding hydrogens is 140 g/mol. The van der Waals surface area contributed by atoms with Crippen LogP contribution in [0.5, 0.6) is 0 Å². The highest BCUT2D eigenvalue weighted by molar-refractivity contribution is 5.68. The fourth-order valence-corrected chi connectivity index (χ4v) is 0.680. The summed E-state index contributed by atoms with van der Waals surface area (Å²) in [6, 6.07) is 0.